The Balaban J connectivity index is 1.67. The number of pyridine rings is 1. The SMILES string of the molecule is Cc1nc(CSc2ccc(-c3ccncc3)nn2)cs1. The van der Waals surface area contributed by atoms with E-state index in [1.165, 1.54) is 0 Å². The topological polar surface area (TPSA) is 51.6 Å². The fourth-order valence-electron chi connectivity index (χ4n) is 1.70. The Morgan fingerprint density at radius 1 is 1.10 bits per heavy atom. The van der Waals surface area contributed by atoms with Crippen LogP contribution < -0.4 is 0 Å². The van der Waals surface area contributed by atoms with Gasteiger partial charge in [0.2, 0.25) is 0 Å². The van der Waals surface area contributed by atoms with Crippen molar-refractivity contribution in [2.45, 2.75) is 17.7 Å². The summed E-state index contributed by atoms with van der Waals surface area (Å²) in [5.41, 5.74) is 2.98. The van der Waals surface area contributed by atoms with Crippen molar-refractivity contribution in [3.05, 3.63) is 52.7 Å². The first-order valence-electron chi connectivity index (χ1n) is 6.09. The van der Waals surface area contributed by atoms with Gasteiger partial charge in [-0.3, -0.25) is 4.98 Å². The molecule has 100 valence electrons. The Morgan fingerprint density at radius 2 is 1.95 bits per heavy atom. The Kier molecular flexibility index (Phi) is 4.03. The molecule has 0 fully saturated rings. The molecule has 0 aromatic carbocycles. The second kappa shape index (κ2) is 6.11. The molecule has 0 N–H and O–H groups in total. The average Bonchev–Trinajstić information content (AvgIpc) is 2.92. The molecule has 0 aliphatic rings. The normalized spacial score (nSPS) is 10.7. The number of aromatic nitrogens is 4. The van der Waals surface area contributed by atoms with E-state index in [1.54, 1.807) is 35.5 Å². The van der Waals surface area contributed by atoms with Crippen LogP contribution in [0, 0.1) is 6.92 Å². The van der Waals surface area contributed by atoms with E-state index in [-0.39, 0.29) is 0 Å². The monoisotopic (exact) mass is 300 g/mol. The molecule has 0 saturated carbocycles. The zero-order valence-corrected chi connectivity index (χ0v) is 12.5. The summed E-state index contributed by atoms with van der Waals surface area (Å²) in [6.45, 7) is 2.02. The van der Waals surface area contributed by atoms with Crippen molar-refractivity contribution in [2.75, 3.05) is 0 Å². The molecule has 3 heterocycles. The Morgan fingerprint density at radius 3 is 2.60 bits per heavy atom. The van der Waals surface area contributed by atoms with Gasteiger partial charge in [-0.05, 0) is 31.2 Å². The second-order valence-corrected chi connectivity index (χ2v) is 6.20. The van der Waals surface area contributed by atoms with Gasteiger partial charge in [0.15, 0.2) is 0 Å². The number of hydrogen-bond acceptors (Lipinski definition) is 6. The van der Waals surface area contributed by atoms with Crippen LogP contribution in [-0.2, 0) is 5.75 Å². The molecule has 3 aromatic heterocycles. The number of thioether (sulfide) groups is 1. The Hall–Kier alpha value is -1.79. The number of thiazole rings is 1. The molecule has 0 spiro atoms. The van der Waals surface area contributed by atoms with Gasteiger partial charge in [0.1, 0.15) is 5.03 Å². The minimum absolute atomic E-state index is 0.827. The van der Waals surface area contributed by atoms with E-state index >= 15 is 0 Å². The van der Waals surface area contributed by atoms with E-state index in [9.17, 15) is 0 Å². The molecule has 0 aliphatic heterocycles. The second-order valence-electron chi connectivity index (χ2n) is 4.14. The molecule has 6 heteroatoms. The van der Waals surface area contributed by atoms with E-state index in [1.807, 2.05) is 31.2 Å². The lowest BCUT2D eigenvalue weighted by Crippen LogP contribution is -1.90. The summed E-state index contributed by atoms with van der Waals surface area (Å²) in [6, 6.07) is 7.83. The van der Waals surface area contributed by atoms with Gasteiger partial charge in [-0.2, -0.15) is 0 Å². The van der Waals surface area contributed by atoms with E-state index in [2.05, 4.69) is 25.5 Å². The number of aryl methyl sites for hydroxylation is 1. The summed E-state index contributed by atoms with van der Waals surface area (Å²) in [7, 11) is 0. The van der Waals surface area contributed by atoms with Crippen LogP contribution in [0.4, 0.5) is 0 Å². The van der Waals surface area contributed by atoms with Crippen LogP contribution in [0.25, 0.3) is 11.3 Å². The lowest BCUT2D eigenvalue weighted by molar-refractivity contribution is 0.934. The third-order valence-corrected chi connectivity index (χ3v) is 4.43. The molecule has 0 amide bonds. The highest BCUT2D eigenvalue weighted by Gasteiger charge is 2.03. The van der Waals surface area contributed by atoms with Gasteiger partial charge in [-0.1, -0.05) is 11.8 Å². The lowest BCUT2D eigenvalue weighted by atomic mass is 10.2. The van der Waals surface area contributed by atoms with Crippen molar-refractivity contribution in [2.24, 2.45) is 0 Å². The summed E-state index contributed by atoms with van der Waals surface area (Å²) < 4.78 is 0. The molecule has 0 atom stereocenters. The third-order valence-electron chi connectivity index (χ3n) is 2.65. The largest absolute Gasteiger partial charge is 0.265 e. The van der Waals surface area contributed by atoms with E-state index in [0.29, 0.717) is 0 Å². The number of nitrogens with zero attached hydrogens (tertiary/aromatic N) is 4. The highest BCUT2D eigenvalue weighted by Crippen LogP contribution is 2.23. The molecule has 0 saturated heterocycles. The van der Waals surface area contributed by atoms with Crippen molar-refractivity contribution in [3.63, 3.8) is 0 Å². The standard InChI is InChI=1S/C14H12N4S2/c1-10-16-12(8-19-10)9-20-14-3-2-13(17-18-14)11-4-6-15-7-5-11/h2-8H,9H2,1H3. The molecule has 3 rings (SSSR count). The first kappa shape index (κ1) is 13.2. The Labute approximate surface area is 125 Å². The van der Waals surface area contributed by atoms with Gasteiger partial charge in [0.25, 0.3) is 0 Å². The molecular weight excluding hydrogens is 288 g/mol. The van der Waals surface area contributed by atoms with Crippen molar-refractivity contribution < 1.29 is 0 Å². The van der Waals surface area contributed by atoms with Crippen LogP contribution in [0.15, 0.2) is 47.1 Å². The van der Waals surface area contributed by atoms with Crippen LogP contribution in [-0.4, -0.2) is 20.2 Å². The molecular formula is C14H12N4S2. The Bertz CT molecular complexity index is 680. The van der Waals surface area contributed by atoms with Crippen LogP contribution in [0.3, 0.4) is 0 Å². The maximum absolute atomic E-state index is 4.43. The number of rotatable bonds is 4. The van der Waals surface area contributed by atoms with Crippen molar-refractivity contribution in [3.8, 4) is 11.3 Å². The molecule has 20 heavy (non-hydrogen) atoms. The van der Waals surface area contributed by atoms with Gasteiger partial charge in [-0.15, -0.1) is 21.5 Å². The van der Waals surface area contributed by atoms with E-state index < -0.39 is 0 Å². The van der Waals surface area contributed by atoms with Crippen LogP contribution >= 0.6 is 23.1 Å². The summed E-state index contributed by atoms with van der Waals surface area (Å²) in [5.74, 6) is 0.827. The zero-order valence-electron chi connectivity index (χ0n) is 10.9. The summed E-state index contributed by atoms with van der Waals surface area (Å²) in [6.07, 6.45) is 3.51. The summed E-state index contributed by atoms with van der Waals surface area (Å²) in [5, 5.41) is 12.6. The van der Waals surface area contributed by atoms with Crippen molar-refractivity contribution >= 4 is 23.1 Å². The minimum atomic E-state index is 0.827. The van der Waals surface area contributed by atoms with Crippen LogP contribution in [0.5, 0.6) is 0 Å². The lowest BCUT2D eigenvalue weighted by Gasteiger charge is -2.01. The van der Waals surface area contributed by atoms with Gasteiger partial charge in [0, 0.05) is 29.1 Å². The maximum atomic E-state index is 4.43. The summed E-state index contributed by atoms with van der Waals surface area (Å²) in [4.78, 5) is 8.43. The first-order chi connectivity index (χ1) is 9.81. The zero-order chi connectivity index (χ0) is 13.8. The van der Waals surface area contributed by atoms with Crippen LogP contribution in [0.1, 0.15) is 10.7 Å². The predicted molar refractivity (Wildman–Crippen MR) is 81.7 cm³/mol. The van der Waals surface area contributed by atoms with E-state index in [0.717, 1.165) is 32.7 Å². The van der Waals surface area contributed by atoms with Gasteiger partial charge >= 0.3 is 0 Å². The van der Waals surface area contributed by atoms with Gasteiger partial charge in [0.05, 0.1) is 16.4 Å². The van der Waals surface area contributed by atoms with Crippen molar-refractivity contribution in [1.82, 2.24) is 20.2 Å². The highest BCUT2D eigenvalue weighted by molar-refractivity contribution is 7.98. The first-order valence-corrected chi connectivity index (χ1v) is 7.96. The smallest absolute Gasteiger partial charge is 0.119 e. The van der Waals surface area contributed by atoms with Crippen molar-refractivity contribution in [1.29, 1.82) is 0 Å². The third kappa shape index (κ3) is 3.20. The molecule has 4 nitrogen and oxygen atoms in total. The predicted octanol–water partition coefficient (Wildman–Crippen LogP) is 3.60. The average molecular weight is 300 g/mol. The molecule has 0 bridgehead atoms. The quantitative estimate of drug-likeness (QED) is 0.689. The number of hydrogen-bond donors (Lipinski definition) is 0. The molecule has 3 aromatic rings. The molecule has 0 aliphatic carbocycles. The molecule has 0 radical (unpaired) electrons. The maximum Gasteiger partial charge on any atom is 0.119 e. The minimum Gasteiger partial charge on any atom is -0.265 e. The molecule has 0 unspecified atom stereocenters. The highest BCUT2D eigenvalue weighted by atomic mass is 32.2. The summed E-state index contributed by atoms with van der Waals surface area (Å²) >= 11 is 3.32. The van der Waals surface area contributed by atoms with Crippen LogP contribution in [0.2, 0.25) is 0 Å². The fourth-order valence-corrected chi connectivity index (χ4v) is 3.12. The fraction of sp³-hybridized carbons (Fsp3) is 0.143. The van der Waals surface area contributed by atoms with Gasteiger partial charge < -0.3 is 0 Å². The van der Waals surface area contributed by atoms with Gasteiger partial charge in [-0.25, -0.2) is 4.98 Å². The van der Waals surface area contributed by atoms with E-state index in [4.69, 9.17) is 0 Å².